The van der Waals surface area contributed by atoms with E-state index in [1.807, 2.05) is 0 Å². The number of hydrazine groups is 1. The number of nitrogens with one attached hydrogen (secondary N) is 1. The number of benzene rings is 1. The number of rotatable bonds is 4. The van der Waals surface area contributed by atoms with E-state index >= 15 is 0 Å². The van der Waals surface area contributed by atoms with Crippen LogP contribution in [0.1, 0.15) is 5.69 Å². The first-order valence-corrected chi connectivity index (χ1v) is 5.40. The lowest BCUT2D eigenvalue weighted by atomic mass is 10.3. The number of aromatic nitrogens is 1. The lowest BCUT2D eigenvalue weighted by molar-refractivity contribution is 0.258. The van der Waals surface area contributed by atoms with Crippen LogP contribution in [-0.2, 0) is 6.61 Å². The predicted molar refractivity (Wildman–Crippen MR) is 62.7 cm³/mol. The number of hydrogen-bond donors (Lipinski definition) is 2. The van der Waals surface area contributed by atoms with Gasteiger partial charge >= 0.3 is 0 Å². The maximum absolute atomic E-state index is 13.3. The number of pyridine rings is 1. The van der Waals surface area contributed by atoms with Crippen LogP contribution in [0.25, 0.3) is 0 Å². The Kier molecular flexibility index (Phi) is 4.04. The van der Waals surface area contributed by atoms with Crippen LogP contribution >= 0.6 is 0 Å². The standard InChI is InChI=1S/C12H9F4N3O/c13-8-4-9(14)11(16)12(10(8)15)20-5-7-3-6(19-17)1-2-18-7/h1-4H,5,17H2,(H,18,19). The van der Waals surface area contributed by atoms with Gasteiger partial charge in [0.2, 0.25) is 11.6 Å². The summed E-state index contributed by atoms with van der Waals surface area (Å²) in [5, 5.41) is 0. The molecule has 0 aliphatic heterocycles. The van der Waals surface area contributed by atoms with Gasteiger partial charge in [0.05, 0.1) is 11.4 Å². The van der Waals surface area contributed by atoms with Gasteiger partial charge in [0.15, 0.2) is 17.4 Å². The summed E-state index contributed by atoms with van der Waals surface area (Å²) in [4.78, 5) is 3.85. The highest BCUT2D eigenvalue weighted by Gasteiger charge is 2.20. The molecule has 20 heavy (non-hydrogen) atoms. The van der Waals surface area contributed by atoms with E-state index in [0.29, 0.717) is 5.69 Å². The van der Waals surface area contributed by atoms with Crippen LogP contribution in [-0.4, -0.2) is 4.98 Å². The zero-order valence-electron chi connectivity index (χ0n) is 9.96. The van der Waals surface area contributed by atoms with E-state index in [0.717, 1.165) is 0 Å². The second kappa shape index (κ2) is 5.74. The Bertz CT molecular complexity index is 610. The Morgan fingerprint density at radius 1 is 1.10 bits per heavy atom. The molecule has 0 spiro atoms. The third-order valence-electron chi connectivity index (χ3n) is 2.42. The van der Waals surface area contributed by atoms with Gasteiger partial charge in [0, 0.05) is 12.3 Å². The summed E-state index contributed by atoms with van der Waals surface area (Å²) in [5.74, 6) is -2.23. The minimum Gasteiger partial charge on any atom is -0.481 e. The molecule has 0 amide bonds. The molecular weight excluding hydrogens is 278 g/mol. The average Bonchev–Trinajstić information content (AvgIpc) is 2.45. The van der Waals surface area contributed by atoms with Crippen molar-refractivity contribution in [1.82, 2.24) is 4.98 Å². The van der Waals surface area contributed by atoms with Crippen molar-refractivity contribution in [2.24, 2.45) is 5.84 Å². The first-order valence-electron chi connectivity index (χ1n) is 5.40. The molecule has 0 unspecified atom stereocenters. The third kappa shape index (κ3) is 2.80. The maximum atomic E-state index is 13.3. The highest BCUT2D eigenvalue weighted by molar-refractivity contribution is 5.41. The zero-order valence-corrected chi connectivity index (χ0v) is 9.96. The molecule has 4 nitrogen and oxygen atoms in total. The molecule has 0 atom stereocenters. The molecule has 0 bridgehead atoms. The SMILES string of the molecule is NNc1ccnc(COc2c(F)c(F)cc(F)c2F)c1. The second-order valence-electron chi connectivity index (χ2n) is 3.77. The minimum absolute atomic E-state index is 0.106. The molecule has 0 aliphatic carbocycles. The summed E-state index contributed by atoms with van der Waals surface area (Å²) in [6.07, 6.45) is 1.38. The van der Waals surface area contributed by atoms with Crippen LogP contribution in [0.2, 0.25) is 0 Å². The van der Waals surface area contributed by atoms with Crippen LogP contribution in [0.5, 0.6) is 5.75 Å². The Morgan fingerprint density at radius 2 is 1.75 bits per heavy atom. The Labute approximate surface area is 111 Å². The summed E-state index contributed by atoms with van der Waals surface area (Å²) < 4.78 is 57.3. The molecule has 0 aliphatic rings. The van der Waals surface area contributed by atoms with E-state index < -0.39 is 29.0 Å². The molecule has 2 rings (SSSR count). The average molecular weight is 287 g/mol. The zero-order chi connectivity index (χ0) is 14.7. The topological polar surface area (TPSA) is 60.2 Å². The number of nitrogens with zero attached hydrogens (tertiary/aromatic N) is 1. The highest BCUT2D eigenvalue weighted by atomic mass is 19.2. The van der Waals surface area contributed by atoms with Gasteiger partial charge in [0.25, 0.3) is 0 Å². The van der Waals surface area contributed by atoms with Crippen molar-refractivity contribution >= 4 is 5.69 Å². The van der Waals surface area contributed by atoms with E-state index in [1.54, 1.807) is 6.07 Å². The first kappa shape index (κ1) is 14.1. The van der Waals surface area contributed by atoms with Crippen molar-refractivity contribution in [3.05, 3.63) is 53.4 Å². The van der Waals surface area contributed by atoms with Gasteiger partial charge in [-0.2, -0.15) is 8.78 Å². The fourth-order valence-corrected chi connectivity index (χ4v) is 1.47. The highest BCUT2D eigenvalue weighted by Crippen LogP contribution is 2.27. The first-order chi connectivity index (χ1) is 9.52. The van der Waals surface area contributed by atoms with Gasteiger partial charge in [0.1, 0.15) is 6.61 Å². The lowest BCUT2D eigenvalue weighted by Gasteiger charge is -2.09. The summed E-state index contributed by atoms with van der Waals surface area (Å²) in [6.45, 7) is -0.383. The third-order valence-corrected chi connectivity index (χ3v) is 2.42. The van der Waals surface area contributed by atoms with E-state index in [1.165, 1.54) is 12.3 Å². The largest absolute Gasteiger partial charge is 0.481 e. The van der Waals surface area contributed by atoms with Crippen molar-refractivity contribution in [1.29, 1.82) is 0 Å². The van der Waals surface area contributed by atoms with Gasteiger partial charge in [-0.3, -0.25) is 10.8 Å². The Hall–Kier alpha value is -2.35. The summed E-state index contributed by atoms with van der Waals surface area (Å²) >= 11 is 0. The monoisotopic (exact) mass is 287 g/mol. The normalized spacial score (nSPS) is 10.4. The van der Waals surface area contributed by atoms with Crippen molar-refractivity contribution in [2.45, 2.75) is 6.61 Å². The number of nitrogen functional groups attached to an aromatic ring is 1. The molecular formula is C12H9F4N3O. The molecule has 1 aromatic heterocycles. The lowest BCUT2D eigenvalue weighted by Crippen LogP contribution is -2.09. The number of anilines is 1. The molecule has 2 aromatic rings. The van der Waals surface area contributed by atoms with Crippen LogP contribution < -0.4 is 16.0 Å². The molecule has 0 saturated heterocycles. The molecule has 1 aromatic carbocycles. The van der Waals surface area contributed by atoms with E-state index in [9.17, 15) is 17.6 Å². The molecule has 0 saturated carbocycles. The molecule has 0 radical (unpaired) electrons. The van der Waals surface area contributed by atoms with Crippen molar-refractivity contribution < 1.29 is 22.3 Å². The summed E-state index contributed by atoms with van der Waals surface area (Å²) in [7, 11) is 0. The maximum Gasteiger partial charge on any atom is 0.203 e. The van der Waals surface area contributed by atoms with E-state index in [-0.39, 0.29) is 18.4 Å². The molecule has 106 valence electrons. The van der Waals surface area contributed by atoms with Crippen molar-refractivity contribution in [3.8, 4) is 5.75 Å². The number of ether oxygens (including phenoxy) is 1. The van der Waals surface area contributed by atoms with E-state index in [2.05, 4.69) is 10.4 Å². The van der Waals surface area contributed by atoms with Gasteiger partial charge in [-0.15, -0.1) is 0 Å². The van der Waals surface area contributed by atoms with Crippen LogP contribution in [0, 0.1) is 23.3 Å². The van der Waals surface area contributed by atoms with E-state index in [4.69, 9.17) is 10.6 Å². The molecule has 0 fully saturated rings. The molecule has 1 heterocycles. The summed E-state index contributed by atoms with van der Waals surface area (Å²) in [5.41, 5.74) is 3.10. The smallest absolute Gasteiger partial charge is 0.203 e. The van der Waals surface area contributed by atoms with Gasteiger partial charge < -0.3 is 10.2 Å². The fraction of sp³-hybridized carbons (Fsp3) is 0.0833. The minimum atomic E-state index is -1.60. The van der Waals surface area contributed by atoms with Gasteiger partial charge in [-0.05, 0) is 12.1 Å². The van der Waals surface area contributed by atoms with Crippen molar-refractivity contribution in [3.63, 3.8) is 0 Å². The summed E-state index contributed by atoms with van der Waals surface area (Å²) in [6, 6.07) is 3.10. The molecule has 8 heteroatoms. The van der Waals surface area contributed by atoms with Crippen LogP contribution in [0.3, 0.4) is 0 Å². The number of hydrogen-bond acceptors (Lipinski definition) is 4. The Balaban J connectivity index is 2.22. The van der Waals surface area contributed by atoms with Gasteiger partial charge in [-0.25, -0.2) is 8.78 Å². The predicted octanol–water partition coefficient (Wildman–Crippen LogP) is 2.50. The second-order valence-corrected chi connectivity index (χ2v) is 3.77. The fourth-order valence-electron chi connectivity index (χ4n) is 1.47. The Morgan fingerprint density at radius 3 is 2.35 bits per heavy atom. The quantitative estimate of drug-likeness (QED) is 0.392. The van der Waals surface area contributed by atoms with Crippen molar-refractivity contribution in [2.75, 3.05) is 5.43 Å². The van der Waals surface area contributed by atoms with Crippen LogP contribution in [0.4, 0.5) is 23.2 Å². The van der Waals surface area contributed by atoms with Gasteiger partial charge in [-0.1, -0.05) is 0 Å². The molecule has 3 N–H and O–H groups in total. The number of halogens is 4. The van der Waals surface area contributed by atoms with Crippen LogP contribution in [0.15, 0.2) is 24.4 Å². The number of nitrogens with two attached hydrogens (primary N) is 1.